The number of hydrogen-bond donors (Lipinski definition) is 0. The highest BCUT2D eigenvalue weighted by Gasteiger charge is 2.35. The summed E-state index contributed by atoms with van der Waals surface area (Å²) in [5.74, 6) is 0.682. The highest BCUT2D eigenvalue weighted by atomic mass is 16.3. The van der Waals surface area contributed by atoms with Crippen LogP contribution in [-0.4, -0.2) is 9.97 Å². The number of hydrogen-bond acceptors (Lipinski definition) is 3. The summed E-state index contributed by atoms with van der Waals surface area (Å²) in [6, 6.07) is 73.9. The first kappa shape index (κ1) is 36.0. The van der Waals surface area contributed by atoms with Crippen molar-refractivity contribution in [3.05, 3.63) is 217 Å². The van der Waals surface area contributed by atoms with Crippen LogP contribution in [0.5, 0.6) is 0 Å². The van der Waals surface area contributed by atoms with Gasteiger partial charge in [0.05, 0.1) is 11.4 Å². The molecule has 2 heterocycles. The van der Waals surface area contributed by atoms with Crippen LogP contribution < -0.4 is 0 Å². The maximum atomic E-state index is 6.26. The smallest absolute Gasteiger partial charge is 0.160 e. The third-order valence-corrected chi connectivity index (χ3v) is 12.9. The number of benzene rings is 9. The molecule has 0 fully saturated rings. The summed E-state index contributed by atoms with van der Waals surface area (Å²) < 4.78 is 6.26. The maximum Gasteiger partial charge on any atom is 0.160 e. The average molecular weight is 793 g/mol. The summed E-state index contributed by atoms with van der Waals surface area (Å²) in [5.41, 5.74) is 18.6. The van der Waals surface area contributed by atoms with Gasteiger partial charge < -0.3 is 4.42 Å². The van der Waals surface area contributed by atoms with Crippen LogP contribution in [0.1, 0.15) is 25.0 Å². The van der Waals surface area contributed by atoms with E-state index in [9.17, 15) is 0 Å². The van der Waals surface area contributed by atoms with Gasteiger partial charge in [0.15, 0.2) is 5.82 Å². The molecule has 0 radical (unpaired) electrons. The van der Waals surface area contributed by atoms with E-state index in [1.165, 1.54) is 44.2 Å². The zero-order valence-corrected chi connectivity index (χ0v) is 34.4. The van der Waals surface area contributed by atoms with Crippen LogP contribution in [0, 0.1) is 0 Å². The van der Waals surface area contributed by atoms with Crippen molar-refractivity contribution in [2.75, 3.05) is 0 Å². The van der Waals surface area contributed by atoms with Gasteiger partial charge in [0.2, 0.25) is 0 Å². The molecule has 0 unspecified atom stereocenters. The Bertz CT molecular complexity index is 3550. The molecular weight excluding hydrogens is 753 g/mol. The monoisotopic (exact) mass is 792 g/mol. The molecule has 0 saturated carbocycles. The molecule has 0 aliphatic heterocycles. The number of fused-ring (bicyclic) bond motifs is 7. The van der Waals surface area contributed by atoms with Crippen LogP contribution in [0.25, 0.3) is 111 Å². The lowest BCUT2D eigenvalue weighted by Gasteiger charge is -2.22. The van der Waals surface area contributed by atoms with E-state index < -0.39 is 0 Å². The molecule has 0 amide bonds. The second kappa shape index (κ2) is 14.1. The third kappa shape index (κ3) is 5.89. The predicted octanol–water partition coefficient (Wildman–Crippen LogP) is 15.8. The molecule has 0 saturated heterocycles. The van der Waals surface area contributed by atoms with E-state index in [0.29, 0.717) is 5.82 Å². The first-order valence-corrected chi connectivity index (χ1v) is 21.3. The summed E-state index contributed by atoms with van der Waals surface area (Å²) in [5, 5.41) is 4.62. The fraction of sp³-hybridized carbons (Fsp3) is 0.0508. The first-order chi connectivity index (χ1) is 30.5. The van der Waals surface area contributed by atoms with E-state index in [2.05, 4.69) is 202 Å². The van der Waals surface area contributed by atoms with Crippen LogP contribution in [-0.2, 0) is 5.41 Å². The molecule has 11 aromatic rings. The van der Waals surface area contributed by atoms with Crippen LogP contribution >= 0.6 is 0 Å². The largest absolute Gasteiger partial charge is 0.456 e. The van der Waals surface area contributed by atoms with Crippen molar-refractivity contribution in [3.63, 3.8) is 0 Å². The first-order valence-electron chi connectivity index (χ1n) is 21.3. The molecule has 1 aliphatic rings. The highest BCUT2D eigenvalue weighted by molar-refractivity contribution is 6.06. The van der Waals surface area contributed by atoms with Crippen molar-refractivity contribution in [2.45, 2.75) is 19.3 Å². The SMILES string of the molecule is CC1(C)c2ccccc2-c2ccc(-c3ccccc3-c3cc(-c4cc(-c5ccc6oc7ccccc7c6c5)cc(-c5cccc6ccccc56)c4)nc(-c4ccccc4)n3)cc21. The Labute approximate surface area is 360 Å². The van der Waals surface area contributed by atoms with Crippen LogP contribution in [0.2, 0.25) is 0 Å². The standard InChI is InChI=1S/C59H40N2O/c1-59(2)52-25-12-10-21-47(52)48-29-27-40(35-53(48)59)45-20-8-9-22-49(45)55-36-54(60-58(61-55)38-16-4-3-5-17-38)43-32-41(31-42(33-43)46-24-14-18-37-15-6-7-19-44(37)46)39-28-30-57-51(34-39)50-23-11-13-26-56(50)62-57/h3-36H,1-2H3. The fourth-order valence-electron chi connectivity index (χ4n) is 9.76. The van der Waals surface area contributed by atoms with Crippen molar-refractivity contribution in [3.8, 4) is 78.4 Å². The minimum absolute atomic E-state index is 0.110. The maximum absolute atomic E-state index is 6.26. The summed E-state index contributed by atoms with van der Waals surface area (Å²) in [7, 11) is 0. The Morgan fingerprint density at radius 2 is 0.968 bits per heavy atom. The van der Waals surface area contributed by atoms with Crippen molar-refractivity contribution >= 4 is 32.7 Å². The van der Waals surface area contributed by atoms with Gasteiger partial charge in [-0.3, -0.25) is 0 Å². The zero-order chi connectivity index (χ0) is 41.4. The van der Waals surface area contributed by atoms with E-state index in [-0.39, 0.29) is 5.41 Å². The number of para-hydroxylation sites is 1. The average Bonchev–Trinajstić information content (AvgIpc) is 3.82. The number of rotatable bonds is 6. The Hall–Kier alpha value is -7.88. The molecule has 1 aliphatic carbocycles. The molecule has 0 bridgehead atoms. The van der Waals surface area contributed by atoms with E-state index in [1.54, 1.807) is 0 Å². The van der Waals surface area contributed by atoms with Gasteiger partial charge >= 0.3 is 0 Å². The Kier molecular flexibility index (Phi) is 8.20. The van der Waals surface area contributed by atoms with Gasteiger partial charge in [0.1, 0.15) is 11.2 Å². The summed E-state index contributed by atoms with van der Waals surface area (Å²) in [6.45, 7) is 4.68. The van der Waals surface area contributed by atoms with Gasteiger partial charge in [-0.2, -0.15) is 0 Å². The molecule has 12 rings (SSSR count). The zero-order valence-electron chi connectivity index (χ0n) is 34.4. The number of aromatic nitrogens is 2. The summed E-state index contributed by atoms with van der Waals surface area (Å²) >= 11 is 0. The molecule has 3 heteroatoms. The molecule has 0 N–H and O–H groups in total. The lowest BCUT2D eigenvalue weighted by molar-refractivity contribution is 0.660. The minimum atomic E-state index is -0.110. The van der Waals surface area contributed by atoms with E-state index in [1.807, 2.05) is 18.2 Å². The molecule has 0 atom stereocenters. The van der Waals surface area contributed by atoms with E-state index >= 15 is 0 Å². The number of furan rings is 1. The van der Waals surface area contributed by atoms with Crippen molar-refractivity contribution in [1.82, 2.24) is 9.97 Å². The van der Waals surface area contributed by atoms with Crippen molar-refractivity contribution < 1.29 is 4.42 Å². The van der Waals surface area contributed by atoms with E-state index in [4.69, 9.17) is 14.4 Å². The lowest BCUT2D eigenvalue weighted by atomic mass is 9.81. The fourth-order valence-corrected chi connectivity index (χ4v) is 9.76. The molecule has 2 aromatic heterocycles. The molecule has 3 nitrogen and oxygen atoms in total. The molecule has 0 spiro atoms. The van der Waals surface area contributed by atoms with Crippen LogP contribution in [0.15, 0.2) is 211 Å². The normalized spacial score (nSPS) is 12.8. The van der Waals surface area contributed by atoms with Gasteiger partial charge in [-0.05, 0) is 115 Å². The summed E-state index contributed by atoms with van der Waals surface area (Å²) in [6.07, 6.45) is 0. The molecule has 9 aromatic carbocycles. The van der Waals surface area contributed by atoms with Gasteiger partial charge in [0, 0.05) is 32.9 Å². The van der Waals surface area contributed by atoms with Gasteiger partial charge in [-0.25, -0.2) is 9.97 Å². The lowest BCUT2D eigenvalue weighted by Crippen LogP contribution is -2.14. The Morgan fingerprint density at radius 3 is 1.85 bits per heavy atom. The molecular formula is C59H40N2O. The van der Waals surface area contributed by atoms with Crippen molar-refractivity contribution in [2.24, 2.45) is 0 Å². The molecule has 292 valence electrons. The third-order valence-electron chi connectivity index (χ3n) is 12.9. The van der Waals surface area contributed by atoms with Crippen LogP contribution in [0.4, 0.5) is 0 Å². The number of nitrogens with zero attached hydrogens (tertiary/aromatic N) is 2. The minimum Gasteiger partial charge on any atom is -0.456 e. The topological polar surface area (TPSA) is 38.9 Å². The Balaban J connectivity index is 1.07. The predicted molar refractivity (Wildman–Crippen MR) is 257 cm³/mol. The molecule has 62 heavy (non-hydrogen) atoms. The van der Waals surface area contributed by atoms with Crippen molar-refractivity contribution in [1.29, 1.82) is 0 Å². The second-order valence-corrected chi connectivity index (χ2v) is 16.9. The van der Waals surface area contributed by atoms with Gasteiger partial charge in [-0.15, -0.1) is 0 Å². The quantitative estimate of drug-likeness (QED) is 0.168. The van der Waals surface area contributed by atoms with Gasteiger partial charge in [0.25, 0.3) is 0 Å². The van der Waals surface area contributed by atoms with Gasteiger partial charge in [-0.1, -0.05) is 172 Å². The highest BCUT2D eigenvalue weighted by Crippen LogP contribution is 2.50. The second-order valence-electron chi connectivity index (χ2n) is 16.9. The van der Waals surface area contributed by atoms with Crippen LogP contribution in [0.3, 0.4) is 0 Å². The van der Waals surface area contributed by atoms with E-state index in [0.717, 1.165) is 72.3 Å². The summed E-state index contributed by atoms with van der Waals surface area (Å²) in [4.78, 5) is 10.7. The Morgan fingerprint density at radius 1 is 0.339 bits per heavy atom.